The minimum Gasteiger partial charge on any atom is -0.460 e. The van der Waals surface area contributed by atoms with Crippen molar-refractivity contribution in [2.24, 2.45) is 0 Å². The summed E-state index contributed by atoms with van der Waals surface area (Å²) in [5.74, 6) is -0.282. The number of unbranched alkanes of at least 4 members (excludes halogenated alkanes) is 12. The van der Waals surface area contributed by atoms with Crippen LogP contribution in [0.5, 0.6) is 0 Å². The van der Waals surface area contributed by atoms with E-state index in [9.17, 15) is 4.79 Å². The largest absolute Gasteiger partial charge is 0.460 e. The third-order valence-electron chi connectivity index (χ3n) is 5.89. The monoisotopic (exact) mass is 487 g/mol. The van der Waals surface area contributed by atoms with Crippen LogP contribution in [0.1, 0.15) is 112 Å². The first-order valence-electron chi connectivity index (χ1n) is 12.9. The van der Waals surface area contributed by atoms with Gasteiger partial charge >= 0.3 is 5.97 Å². The molecule has 2 aromatic rings. The number of thiophene rings is 1. The first-order chi connectivity index (χ1) is 16.2. The van der Waals surface area contributed by atoms with Crippen LogP contribution in [0.25, 0.3) is 0 Å². The summed E-state index contributed by atoms with van der Waals surface area (Å²) in [7, 11) is 0. The molecule has 0 saturated heterocycles. The number of nitrogens with zero attached hydrogens (tertiary/aromatic N) is 1. The predicted octanol–water partition coefficient (Wildman–Crippen LogP) is 8.63. The fraction of sp³-hybridized carbons (Fsp3) is 0.607. The normalized spacial score (nSPS) is 10.9. The second-order valence-electron chi connectivity index (χ2n) is 8.88. The van der Waals surface area contributed by atoms with Gasteiger partial charge in [0.2, 0.25) is 0 Å². The molecule has 0 atom stereocenters. The van der Waals surface area contributed by atoms with Gasteiger partial charge in [-0.3, -0.25) is 9.78 Å². The van der Waals surface area contributed by atoms with Gasteiger partial charge in [0.15, 0.2) is 0 Å². The molecule has 2 rings (SSSR count). The maximum atomic E-state index is 12.1. The fourth-order valence-electron chi connectivity index (χ4n) is 3.90. The van der Waals surface area contributed by atoms with Crippen molar-refractivity contribution in [3.63, 3.8) is 0 Å². The van der Waals surface area contributed by atoms with Crippen molar-refractivity contribution < 1.29 is 9.53 Å². The number of rotatable bonds is 19. The van der Waals surface area contributed by atoms with Crippen LogP contribution >= 0.6 is 23.6 Å². The lowest BCUT2D eigenvalue weighted by molar-refractivity contribution is -0.143. The average Bonchev–Trinajstić information content (AvgIpc) is 3.30. The molecule has 33 heavy (non-hydrogen) atoms. The van der Waals surface area contributed by atoms with Crippen molar-refractivity contribution in [2.75, 3.05) is 0 Å². The minimum absolute atomic E-state index is 0.161. The molecule has 0 spiro atoms. The quantitative estimate of drug-likeness (QED) is 0.0860. The Bertz CT molecular complexity index is 788. The molecule has 0 aliphatic rings. The number of pyridine rings is 1. The molecule has 0 amide bonds. The van der Waals surface area contributed by atoms with Crippen LogP contribution in [0.15, 0.2) is 36.7 Å². The summed E-state index contributed by atoms with van der Waals surface area (Å²) in [5, 5.41) is 0. The molecular weight excluding hydrogens is 446 g/mol. The zero-order chi connectivity index (χ0) is 23.6. The maximum absolute atomic E-state index is 12.1. The van der Waals surface area contributed by atoms with Gasteiger partial charge in [0.25, 0.3) is 0 Å². The highest BCUT2D eigenvalue weighted by Crippen LogP contribution is 2.22. The summed E-state index contributed by atoms with van der Waals surface area (Å²) < 4.78 is 5.32. The van der Waals surface area contributed by atoms with Gasteiger partial charge < -0.3 is 4.74 Å². The Kier molecular flexibility index (Phi) is 14.9. The van der Waals surface area contributed by atoms with E-state index in [1.54, 1.807) is 23.7 Å². The number of ether oxygens (including phenoxy) is 1. The first-order valence-corrected chi connectivity index (χ1v) is 14.1. The van der Waals surface area contributed by atoms with Crippen LogP contribution in [0.2, 0.25) is 0 Å². The molecule has 0 saturated carbocycles. The van der Waals surface area contributed by atoms with Crippen LogP contribution in [0, 0.1) is 0 Å². The van der Waals surface area contributed by atoms with Gasteiger partial charge in [-0.15, -0.1) is 11.3 Å². The van der Waals surface area contributed by atoms with E-state index in [1.807, 2.05) is 12.1 Å². The van der Waals surface area contributed by atoms with Gasteiger partial charge in [0.1, 0.15) is 6.61 Å². The molecule has 5 heteroatoms. The molecule has 0 radical (unpaired) electrons. The van der Waals surface area contributed by atoms with Crippen LogP contribution in [-0.4, -0.2) is 15.8 Å². The van der Waals surface area contributed by atoms with Gasteiger partial charge in [-0.1, -0.05) is 102 Å². The standard InChI is InChI=1S/C28H41NO2S2/c1-2-3-4-5-6-7-8-9-10-11-12-13-14-17-25-18-19-27(33-25)26(32)21-28(30)31-23-24-16-15-20-29-22-24/h15-16,18-20,22H,2-14,17,21,23H2,1H3. The van der Waals surface area contributed by atoms with Crippen molar-refractivity contribution in [3.05, 3.63) is 52.0 Å². The van der Waals surface area contributed by atoms with Crippen LogP contribution in [0.4, 0.5) is 0 Å². The molecule has 0 bridgehead atoms. The summed E-state index contributed by atoms with van der Waals surface area (Å²) in [6.07, 6.45) is 22.6. The van der Waals surface area contributed by atoms with Gasteiger partial charge in [0, 0.05) is 32.6 Å². The number of esters is 1. The van der Waals surface area contributed by atoms with E-state index >= 15 is 0 Å². The molecule has 3 nitrogen and oxygen atoms in total. The van der Waals surface area contributed by atoms with E-state index in [2.05, 4.69) is 24.0 Å². The topological polar surface area (TPSA) is 39.2 Å². The van der Waals surface area contributed by atoms with Crippen molar-refractivity contribution in [3.8, 4) is 0 Å². The Morgan fingerprint density at radius 2 is 1.55 bits per heavy atom. The van der Waals surface area contributed by atoms with E-state index in [-0.39, 0.29) is 19.0 Å². The third kappa shape index (κ3) is 13.0. The molecule has 0 N–H and O–H groups in total. The van der Waals surface area contributed by atoms with E-state index < -0.39 is 0 Å². The van der Waals surface area contributed by atoms with Crippen LogP contribution in [0.3, 0.4) is 0 Å². The summed E-state index contributed by atoms with van der Waals surface area (Å²) >= 11 is 7.20. The first kappa shape index (κ1) is 27.7. The highest BCUT2D eigenvalue weighted by atomic mass is 32.1. The molecule has 2 heterocycles. The molecule has 182 valence electrons. The van der Waals surface area contributed by atoms with Crippen molar-refractivity contribution in [1.82, 2.24) is 4.98 Å². The van der Waals surface area contributed by atoms with Crippen molar-refractivity contribution >= 4 is 34.4 Å². The smallest absolute Gasteiger partial charge is 0.311 e. The zero-order valence-electron chi connectivity index (χ0n) is 20.4. The Morgan fingerprint density at radius 1 is 0.909 bits per heavy atom. The minimum atomic E-state index is -0.282. The molecule has 0 aliphatic carbocycles. The van der Waals surface area contributed by atoms with E-state index in [0.717, 1.165) is 16.9 Å². The summed E-state index contributed by atoms with van der Waals surface area (Å²) in [5.41, 5.74) is 0.882. The highest BCUT2D eigenvalue weighted by molar-refractivity contribution is 7.81. The molecule has 2 aromatic heterocycles. The lowest BCUT2D eigenvalue weighted by atomic mass is 10.0. The summed E-state index contributed by atoms with van der Waals surface area (Å²) in [6, 6.07) is 7.94. The number of hydrogen-bond acceptors (Lipinski definition) is 5. The third-order valence-corrected chi connectivity index (χ3v) is 7.59. The van der Waals surface area contributed by atoms with Crippen LogP contribution < -0.4 is 0 Å². The molecule has 0 unspecified atom stereocenters. The summed E-state index contributed by atoms with van der Waals surface area (Å²) in [4.78, 5) is 19.2. The Morgan fingerprint density at radius 3 is 2.15 bits per heavy atom. The number of aromatic nitrogens is 1. The maximum Gasteiger partial charge on any atom is 0.311 e. The molecular formula is C28H41NO2S2. The number of carbonyl (C=O) groups is 1. The predicted molar refractivity (Wildman–Crippen MR) is 144 cm³/mol. The van der Waals surface area contributed by atoms with E-state index in [4.69, 9.17) is 17.0 Å². The Labute approximate surface area is 210 Å². The van der Waals surface area contributed by atoms with Crippen molar-refractivity contribution in [1.29, 1.82) is 0 Å². The van der Waals surface area contributed by atoms with Gasteiger partial charge in [-0.05, 0) is 31.0 Å². The lowest BCUT2D eigenvalue weighted by Crippen LogP contribution is -2.10. The Hall–Kier alpha value is -1.59. The lowest BCUT2D eigenvalue weighted by Gasteiger charge is -2.05. The second-order valence-corrected chi connectivity index (χ2v) is 10.5. The summed E-state index contributed by atoms with van der Waals surface area (Å²) in [6.45, 7) is 2.52. The SMILES string of the molecule is CCCCCCCCCCCCCCCc1ccc(C(=S)CC(=O)OCc2cccnc2)s1. The Balaban J connectivity index is 1.48. The zero-order valence-corrected chi connectivity index (χ0v) is 22.0. The number of aryl methyl sites for hydroxylation is 1. The average molecular weight is 488 g/mol. The van der Waals surface area contributed by atoms with E-state index in [1.165, 1.54) is 88.3 Å². The fourth-order valence-corrected chi connectivity index (χ4v) is 5.19. The van der Waals surface area contributed by atoms with Gasteiger partial charge in [-0.2, -0.15) is 0 Å². The van der Waals surface area contributed by atoms with Crippen molar-refractivity contribution in [2.45, 2.75) is 110 Å². The molecule has 0 aliphatic heterocycles. The van der Waals surface area contributed by atoms with E-state index in [0.29, 0.717) is 4.86 Å². The second kappa shape index (κ2) is 17.8. The number of thiocarbonyl (C=S) groups is 1. The van der Waals surface area contributed by atoms with Gasteiger partial charge in [-0.25, -0.2) is 0 Å². The van der Waals surface area contributed by atoms with Crippen LogP contribution in [-0.2, 0) is 22.6 Å². The highest BCUT2D eigenvalue weighted by Gasteiger charge is 2.12. The van der Waals surface area contributed by atoms with Gasteiger partial charge in [0.05, 0.1) is 6.42 Å². The number of hydrogen-bond donors (Lipinski definition) is 0. The molecule has 0 fully saturated rings. The number of carbonyl (C=O) groups excluding carboxylic acids is 1. The molecule has 0 aromatic carbocycles.